The summed E-state index contributed by atoms with van der Waals surface area (Å²) in [5.41, 5.74) is 5.38. The van der Waals surface area contributed by atoms with Crippen molar-refractivity contribution >= 4 is 11.7 Å². The van der Waals surface area contributed by atoms with Crippen LogP contribution in [0.2, 0.25) is 0 Å². The van der Waals surface area contributed by atoms with Crippen molar-refractivity contribution < 1.29 is 18.0 Å². The molecule has 0 saturated carbocycles. The first kappa shape index (κ1) is 17.0. The molecule has 0 aliphatic rings. The second-order valence-corrected chi connectivity index (χ2v) is 5.07. The molecule has 0 unspecified atom stereocenters. The van der Waals surface area contributed by atoms with Crippen LogP contribution >= 0.6 is 0 Å². The third kappa shape index (κ3) is 4.32. The monoisotopic (exact) mass is 326 g/mol. The van der Waals surface area contributed by atoms with Crippen molar-refractivity contribution in [2.24, 2.45) is 5.73 Å². The van der Waals surface area contributed by atoms with Crippen molar-refractivity contribution in [3.05, 3.63) is 41.6 Å². The van der Waals surface area contributed by atoms with E-state index in [1.807, 2.05) is 0 Å². The number of carbonyl (C=O) groups excluding carboxylic acids is 1. The van der Waals surface area contributed by atoms with E-state index in [1.165, 1.54) is 16.8 Å². The Hall–Kier alpha value is -2.35. The van der Waals surface area contributed by atoms with Crippen LogP contribution in [-0.2, 0) is 11.0 Å². The van der Waals surface area contributed by atoms with E-state index in [2.05, 4.69) is 10.4 Å². The average Bonchev–Trinajstić information content (AvgIpc) is 2.85. The lowest BCUT2D eigenvalue weighted by atomic mass is 10.2. The van der Waals surface area contributed by atoms with Gasteiger partial charge in [-0.15, -0.1) is 0 Å². The normalized spacial score (nSPS) is 11.5. The molecule has 3 N–H and O–H groups in total. The van der Waals surface area contributed by atoms with Gasteiger partial charge in [-0.2, -0.15) is 18.3 Å². The van der Waals surface area contributed by atoms with Gasteiger partial charge in [-0.05, 0) is 38.1 Å². The number of halogens is 3. The SMILES string of the molecule is Cc1cc(NC(=O)CCCN)n(-c2cccc(C(F)(F)F)c2)n1. The molecule has 0 saturated heterocycles. The number of amides is 1. The Morgan fingerprint density at radius 3 is 2.74 bits per heavy atom. The Morgan fingerprint density at radius 2 is 2.09 bits per heavy atom. The third-order valence-corrected chi connectivity index (χ3v) is 3.13. The van der Waals surface area contributed by atoms with E-state index >= 15 is 0 Å². The van der Waals surface area contributed by atoms with Crippen LogP contribution in [0.15, 0.2) is 30.3 Å². The molecule has 0 fully saturated rings. The number of rotatable bonds is 5. The summed E-state index contributed by atoms with van der Waals surface area (Å²) in [4.78, 5) is 11.8. The van der Waals surface area contributed by atoms with Crippen molar-refractivity contribution in [2.75, 3.05) is 11.9 Å². The second kappa shape index (κ2) is 6.82. The van der Waals surface area contributed by atoms with E-state index < -0.39 is 11.7 Å². The van der Waals surface area contributed by atoms with Gasteiger partial charge in [0.1, 0.15) is 5.82 Å². The van der Waals surface area contributed by atoms with Gasteiger partial charge in [0.05, 0.1) is 16.9 Å². The van der Waals surface area contributed by atoms with Crippen LogP contribution in [0.25, 0.3) is 5.69 Å². The molecule has 23 heavy (non-hydrogen) atoms. The van der Waals surface area contributed by atoms with Crippen LogP contribution in [0.5, 0.6) is 0 Å². The molecule has 0 radical (unpaired) electrons. The van der Waals surface area contributed by atoms with E-state index in [0.717, 1.165) is 12.1 Å². The Bertz CT molecular complexity index is 694. The Kier molecular flexibility index (Phi) is 5.05. The summed E-state index contributed by atoms with van der Waals surface area (Å²) < 4.78 is 39.8. The van der Waals surface area contributed by atoms with Gasteiger partial charge in [0.2, 0.25) is 5.91 Å². The van der Waals surface area contributed by atoms with Gasteiger partial charge in [0, 0.05) is 12.5 Å². The van der Waals surface area contributed by atoms with Gasteiger partial charge >= 0.3 is 6.18 Å². The predicted octanol–water partition coefficient (Wildman–Crippen LogP) is 2.88. The van der Waals surface area contributed by atoms with Gasteiger partial charge in [-0.3, -0.25) is 4.79 Å². The maximum absolute atomic E-state index is 12.8. The minimum Gasteiger partial charge on any atom is -0.330 e. The molecule has 2 rings (SSSR count). The molecule has 1 amide bonds. The molecule has 1 aromatic heterocycles. The molecular formula is C15H17F3N4O. The minimum absolute atomic E-state index is 0.224. The van der Waals surface area contributed by atoms with Crippen LogP contribution in [-0.4, -0.2) is 22.2 Å². The fraction of sp³-hybridized carbons (Fsp3) is 0.333. The summed E-state index contributed by atoms with van der Waals surface area (Å²) in [6.07, 6.45) is -3.67. The lowest BCUT2D eigenvalue weighted by Gasteiger charge is -2.11. The summed E-state index contributed by atoms with van der Waals surface area (Å²) >= 11 is 0. The number of aromatic nitrogens is 2. The predicted molar refractivity (Wildman–Crippen MR) is 80.2 cm³/mol. The Balaban J connectivity index is 2.32. The van der Waals surface area contributed by atoms with Crippen molar-refractivity contribution in [3.63, 3.8) is 0 Å². The number of alkyl halides is 3. The average molecular weight is 326 g/mol. The zero-order valence-corrected chi connectivity index (χ0v) is 12.5. The van der Waals surface area contributed by atoms with Crippen LogP contribution < -0.4 is 11.1 Å². The van der Waals surface area contributed by atoms with Crippen molar-refractivity contribution in [1.29, 1.82) is 0 Å². The molecule has 124 valence electrons. The Labute approximate surface area is 131 Å². The third-order valence-electron chi connectivity index (χ3n) is 3.13. The van der Waals surface area contributed by atoms with E-state index in [-0.39, 0.29) is 18.0 Å². The standard InChI is InChI=1S/C15H17F3N4O/c1-10-8-13(20-14(23)6-3-7-19)22(21-10)12-5-2-4-11(9-12)15(16,17)18/h2,4-5,8-9H,3,6-7,19H2,1H3,(H,20,23). The highest BCUT2D eigenvalue weighted by Gasteiger charge is 2.30. The molecule has 0 bridgehead atoms. The zero-order chi connectivity index (χ0) is 17.0. The number of hydrogen-bond acceptors (Lipinski definition) is 3. The molecule has 1 heterocycles. The summed E-state index contributed by atoms with van der Waals surface area (Å²) in [6.45, 7) is 2.08. The number of benzene rings is 1. The van der Waals surface area contributed by atoms with E-state index in [4.69, 9.17) is 5.73 Å². The molecule has 0 spiro atoms. The molecule has 8 heteroatoms. The number of anilines is 1. The van der Waals surface area contributed by atoms with Crippen molar-refractivity contribution in [1.82, 2.24) is 9.78 Å². The van der Waals surface area contributed by atoms with Crippen LogP contribution in [0.3, 0.4) is 0 Å². The number of hydrogen-bond donors (Lipinski definition) is 2. The van der Waals surface area contributed by atoms with Gasteiger partial charge in [0.15, 0.2) is 0 Å². The molecule has 2 aromatic rings. The summed E-state index contributed by atoms with van der Waals surface area (Å²) in [7, 11) is 0. The second-order valence-electron chi connectivity index (χ2n) is 5.07. The highest BCUT2D eigenvalue weighted by molar-refractivity contribution is 5.90. The van der Waals surface area contributed by atoms with Gasteiger partial charge < -0.3 is 11.1 Å². The van der Waals surface area contributed by atoms with Gasteiger partial charge in [-0.1, -0.05) is 6.07 Å². The van der Waals surface area contributed by atoms with Crippen molar-refractivity contribution in [2.45, 2.75) is 25.9 Å². The summed E-state index contributed by atoms with van der Waals surface area (Å²) in [6, 6.07) is 6.37. The highest BCUT2D eigenvalue weighted by Crippen LogP contribution is 2.31. The van der Waals surface area contributed by atoms with Crippen LogP contribution in [0.4, 0.5) is 19.0 Å². The fourth-order valence-electron chi connectivity index (χ4n) is 2.07. The number of carbonyl (C=O) groups is 1. The van der Waals surface area contributed by atoms with E-state index in [0.29, 0.717) is 24.5 Å². The van der Waals surface area contributed by atoms with Crippen LogP contribution in [0.1, 0.15) is 24.1 Å². The largest absolute Gasteiger partial charge is 0.416 e. The molecule has 0 aliphatic carbocycles. The minimum atomic E-state index is -4.44. The molecular weight excluding hydrogens is 309 g/mol. The molecule has 0 atom stereocenters. The first-order valence-corrected chi connectivity index (χ1v) is 7.05. The maximum Gasteiger partial charge on any atom is 0.416 e. The number of nitrogens with one attached hydrogen (secondary N) is 1. The molecule has 0 aliphatic heterocycles. The highest BCUT2D eigenvalue weighted by atomic mass is 19.4. The summed E-state index contributed by atoms with van der Waals surface area (Å²) in [5, 5.41) is 6.79. The lowest BCUT2D eigenvalue weighted by Crippen LogP contribution is -2.16. The topological polar surface area (TPSA) is 72.9 Å². The van der Waals surface area contributed by atoms with E-state index in [1.54, 1.807) is 13.0 Å². The van der Waals surface area contributed by atoms with Gasteiger partial charge in [-0.25, -0.2) is 4.68 Å². The van der Waals surface area contributed by atoms with Gasteiger partial charge in [0.25, 0.3) is 0 Å². The quantitative estimate of drug-likeness (QED) is 0.887. The fourth-order valence-corrected chi connectivity index (χ4v) is 2.07. The Morgan fingerprint density at radius 1 is 1.35 bits per heavy atom. The molecule has 5 nitrogen and oxygen atoms in total. The van der Waals surface area contributed by atoms with Crippen molar-refractivity contribution in [3.8, 4) is 5.69 Å². The number of nitrogens with zero attached hydrogens (tertiary/aromatic N) is 2. The first-order valence-electron chi connectivity index (χ1n) is 7.05. The first-order chi connectivity index (χ1) is 10.8. The maximum atomic E-state index is 12.8. The van der Waals surface area contributed by atoms with Crippen LogP contribution in [0, 0.1) is 6.92 Å². The van der Waals surface area contributed by atoms with E-state index in [9.17, 15) is 18.0 Å². The lowest BCUT2D eigenvalue weighted by molar-refractivity contribution is -0.137. The summed E-state index contributed by atoms with van der Waals surface area (Å²) in [5.74, 6) is 0.0624. The zero-order valence-electron chi connectivity index (χ0n) is 12.5. The number of nitrogens with two attached hydrogens (primary N) is 1. The molecule has 1 aromatic carbocycles. The smallest absolute Gasteiger partial charge is 0.330 e. The number of aryl methyl sites for hydroxylation is 1.